The van der Waals surface area contributed by atoms with Crippen molar-refractivity contribution in [1.29, 1.82) is 0 Å². The number of anilines is 1. The van der Waals surface area contributed by atoms with Crippen molar-refractivity contribution in [2.24, 2.45) is 5.92 Å². The first-order valence-corrected chi connectivity index (χ1v) is 9.49. The van der Waals surface area contributed by atoms with Crippen LogP contribution < -0.4 is 5.32 Å². The van der Waals surface area contributed by atoms with Crippen molar-refractivity contribution in [3.05, 3.63) is 82.7 Å². The molecule has 2 aromatic carbocycles. The second kappa shape index (κ2) is 7.03. The zero-order valence-corrected chi connectivity index (χ0v) is 16.1. The van der Waals surface area contributed by atoms with Gasteiger partial charge >= 0.3 is 0 Å². The molecule has 0 bridgehead atoms. The Labute approximate surface area is 160 Å². The zero-order valence-electron chi connectivity index (χ0n) is 16.1. The number of hydrogen-bond acceptors (Lipinski definition) is 2. The fourth-order valence-electron chi connectivity index (χ4n) is 3.75. The van der Waals surface area contributed by atoms with E-state index < -0.39 is 0 Å². The maximum absolute atomic E-state index is 12.7. The van der Waals surface area contributed by atoms with Crippen molar-refractivity contribution >= 4 is 11.6 Å². The number of hydrogen-bond donors (Lipinski definition) is 1. The molecule has 0 aliphatic heterocycles. The van der Waals surface area contributed by atoms with Crippen molar-refractivity contribution < 1.29 is 4.79 Å². The van der Waals surface area contributed by atoms with Crippen LogP contribution in [0.5, 0.6) is 0 Å². The third-order valence-electron chi connectivity index (χ3n) is 5.57. The minimum absolute atomic E-state index is 0.0610. The summed E-state index contributed by atoms with van der Waals surface area (Å²) >= 11 is 0. The monoisotopic (exact) mass is 359 g/mol. The minimum Gasteiger partial charge on any atom is -0.323 e. The third-order valence-corrected chi connectivity index (χ3v) is 5.57. The number of carbonyl (C=O) groups is 1. The predicted molar refractivity (Wildman–Crippen MR) is 108 cm³/mol. The highest BCUT2D eigenvalue weighted by molar-refractivity contribution is 5.96. The number of aryl methyl sites for hydroxylation is 2. The number of amides is 1. The molecule has 1 amide bonds. The highest BCUT2D eigenvalue weighted by Gasteiger charge is 2.44. The maximum atomic E-state index is 12.7. The van der Waals surface area contributed by atoms with E-state index in [0.717, 1.165) is 23.5 Å². The molecule has 0 radical (unpaired) electrons. The quantitative estimate of drug-likeness (QED) is 0.724. The van der Waals surface area contributed by atoms with Gasteiger partial charge in [-0.15, -0.1) is 0 Å². The van der Waals surface area contributed by atoms with Gasteiger partial charge in [0.25, 0.3) is 0 Å². The Hall–Kier alpha value is -2.88. The van der Waals surface area contributed by atoms with Gasteiger partial charge in [0.05, 0.1) is 23.6 Å². The van der Waals surface area contributed by atoms with Crippen LogP contribution in [0, 0.1) is 26.7 Å². The van der Waals surface area contributed by atoms with E-state index in [2.05, 4.69) is 41.6 Å². The van der Waals surface area contributed by atoms with Crippen LogP contribution in [-0.2, 0) is 11.3 Å². The van der Waals surface area contributed by atoms with Crippen molar-refractivity contribution in [2.45, 2.75) is 39.7 Å². The van der Waals surface area contributed by atoms with Crippen LogP contribution in [0.15, 0.2) is 54.6 Å². The van der Waals surface area contributed by atoms with Crippen LogP contribution in [0.25, 0.3) is 0 Å². The van der Waals surface area contributed by atoms with Crippen LogP contribution in [-0.4, -0.2) is 15.7 Å². The summed E-state index contributed by atoms with van der Waals surface area (Å²) in [7, 11) is 0. The summed E-state index contributed by atoms with van der Waals surface area (Å²) in [5.74, 6) is 0.505. The third kappa shape index (κ3) is 3.52. The van der Waals surface area contributed by atoms with E-state index >= 15 is 0 Å². The molecule has 1 heterocycles. The Bertz CT molecular complexity index is 975. The highest BCUT2D eigenvalue weighted by Crippen LogP contribution is 2.48. The molecule has 0 saturated heterocycles. The number of nitrogens with one attached hydrogen (secondary N) is 1. The zero-order chi connectivity index (χ0) is 19.0. The molecule has 1 aliphatic rings. The predicted octanol–water partition coefficient (Wildman–Crippen LogP) is 4.60. The summed E-state index contributed by atoms with van der Waals surface area (Å²) in [5.41, 5.74) is 6.47. The smallest absolute Gasteiger partial charge is 0.228 e. The van der Waals surface area contributed by atoms with E-state index in [0.29, 0.717) is 12.5 Å². The topological polar surface area (TPSA) is 46.9 Å². The van der Waals surface area contributed by atoms with E-state index in [9.17, 15) is 4.79 Å². The molecule has 1 saturated carbocycles. The molecule has 4 nitrogen and oxygen atoms in total. The lowest BCUT2D eigenvalue weighted by molar-refractivity contribution is -0.117. The van der Waals surface area contributed by atoms with Gasteiger partial charge in [-0.1, -0.05) is 54.6 Å². The van der Waals surface area contributed by atoms with Gasteiger partial charge in [0.2, 0.25) is 5.91 Å². The normalized spacial score (nSPS) is 18.3. The van der Waals surface area contributed by atoms with E-state index in [1.165, 1.54) is 16.7 Å². The number of nitrogens with zero attached hydrogens (tertiary/aromatic N) is 2. The molecule has 1 aromatic heterocycles. The molecule has 1 N–H and O–H groups in total. The first kappa shape index (κ1) is 17.5. The molecular weight excluding hydrogens is 334 g/mol. The molecule has 3 aromatic rings. The summed E-state index contributed by atoms with van der Waals surface area (Å²) in [6.07, 6.45) is 0.922. The van der Waals surface area contributed by atoms with Crippen LogP contribution in [0.1, 0.15) is 40.4 Å². The summed E-state index contributed by atoms with van der Waals surface area (Å²) in [6, 6.07) is 18.6. The molecule has 2 atom stereocenters. The summed E-state index contributed by atoms with van der Waals surface area (Å²) in [5, 5.41) is 7.80. The molecule has 0 spiro atoms. The molecule has 27 heavy (non-hydrogen) atoms. The van der Waals surface area contributed by atoms with E-state index in [1.54, 1.807) is 0 Å². The number of aromatic nitrogens is 2. The molecule has 138 valence electrons. The molecule has 4 heteroatoms. The molecule has 1 fully saturated rings. The Morgan fingerprint density at radius 2 is 1.78 bits per heavy atom. The van der Waals surface area contributed by atoms with Crippen LogP contribution >= 0.6 is 0 Å². The van der Waals surface area contributed by atoms with E-state index in [1.807, 2.05) is 48.9 Å². The molecular formula is C23H25N3O. The SMILES string of the molecule is Cc1ccccc1Cn1nc(C)c(NC(=O)[C@@H]2C[C@@H]2c2ccccc2)c1C. The van der Waals surface area contributed by atoms with Gasteiger partial charge in [0, 0.05) is 5.92 Å². The van der Waals surface area contributed by atoms with Crippen LogP contribution in [0.3, 0.4) is 0 Å². The minimum atomic E-state index is 0.0610. The maximum Gasteiger partial charge on any atom is 0.228 e. The lowest BCUT2D eigenvalue weighted by Gasteiger charge is -2.09. The molecule has 0 unspecified atom stereocenters. The highest BCUT2D eigenvalue weighted by atomic mass is 16.2. The lowest BCUT2D eigenvalue weighted by atomic mass is 10.1. The van der Waals surface area contributed by atoms with Gasteiger partial charge in [-0.3, -0.25) is 9.48 Å². The Morgan fingerprint density at radius 3 is 2.52 bits per heavy atom. The van der Waals surface area contributed by atoms with Gasteiger partial charge in [0.15, 0.2) is 0 Å². The Balaban J connectivity index is 1.48. The lowest BCUT2D eigenvalue weighted by Crippen LogP contribution is -2.16. The fraction of sp³-hybridized carbons (Fsp3) is 0.304. The summed E-state index contributed by atoms with van der Waals surface area (Å²) < 4.78 is 1.98. The Morgan fingerprint density at radius 1 is 1.07 bits per heavy atom. The largest absolute Gasteiger partial charge is 0.323 e. The second-order valence-electron chi connectivity index (χ2n) is 7.48. The van der Waals surface area contributed by atoms with Gasteiger partial charge in [-0.2, -0.15) is 5.10 Å². The van der Waals surface area contributed by atoms with Crippen molar-refractivity contribution in [3.8, 4) is 0 Å². The van der Waals surface area contributed by atoms with Crippen molar-refractivity contribution in [3.63, 3.8) is 0 Å². The first-order chi connectivity index (χ1) is 13.0. The number of benzene rings is 2. The summed E-state index contributed by atoms with van der Waals surface area (Å²) in [4.78, 5) is 12.7. The van der Waals surface area contributed by atoms with Crippen LogP contribution in [0.4, 0.5) is 5.69 Å². The van der Waals surface area contributed by atoms with Gasteiger partial charge in [0.1, 0.15) is 0 Å². The number of carbonyl (C=O) groups excluding carboxylic acids is 1. The van der Waals surface area contributed by atoms with Crippen molar-refractivity contribution in [2.75, 3.05) is 5.32 Å². The molecule has 1 aliphatic carbocycles. The standard InChI is InChI=1S/C23H25N3O/c1-15-9-7-8-12-19(15)14-26-17(3)22(16(2)25-26)24-23(27)21-13-20(21)18-10-5-4-6-11-18/h4-12,20-21H,13-14H2,1-3H3,(H,24,27)/t20-,21-/m1/s1. The number of rotatable bonds is 5. The fourth-order valence-corrected chi connectivity index (χ4v) is 3.75. The second-order valence-corrected chi connectivity index (χ2v) is 7.48. The van der Waals surface area contributed by atoms with Gasteiger partial charge in [-0.05, 0) is 49.8 Å². The van der Waals surface area contributed by atoms with E-state index in [-0.39, 0.29) is 11.8 Å². The average Bonchev–Trinajstić information content (AvgIpc) is 3.43. The van der Waals surface area contributed by atoms with Crippen LogP contribution in [0.2, 0.25) is 0 Å². The van der Waals surface area contributed by atoms with E-state index in [4.69, 9.17) is 0 Å². The van der Waals surface area contributed by atoms with Crippen molar-refractivity contribution in [1.82, 2.24) is 9.78 Å². The Kier molecular flexibility index (Phi) is 4.56. The van der Waals surface area contributed by atoms with Gasteiger partial charge < -0.3 is 5.32 Å². The average molecular weight is 359 g/mol. The molecule has 4 rings (SSSR count). The first-order valence-electron chi connectivity index (χ1n) is 9.49. The van der Waals surface area contributed by atoms with Gasteiger partial charge in [-0.25, -0.2) is 0 Å². The summed E-state index contributed by atoms with van der Waals surface area (Å²) in [6.45, 7) is 6.81.